The third kappa shape index (κ3) is 2.69. The summed E-state index contributed by atoms with van der Waals surface area (Å²) in [4.78, 5) is 0. The van der Waals surface area contributed by atoms with Gasteiger partial charge < -0.3 is 2.85 Å². The van der Waals surface area contributed by atoms with Crippen molar-refractivity contribution in [2.45, 2.75) is 6.92 Å². The molecule has 0 aliphatic carbocycles. The van der Waals surface area contributed by atoms with E-state index in [1.165, 1.54) is 10.0 Å². The molecule has 1 rings (SSSR count). The van der Waals surface area contributed by atoms with Crippen LogP contribution in [0.15, 0.2) is 28.7 Å². The van der Waals surface area contributed by atoms with E-state index in [1.807, 2.05) is 18.2 Å². The summed E-state index contributed by atoms with van der Waals surface area (Å²) in [5.41, 5.74) is 1.28. The van der Waals surface area contributed by atoms with Crippen LogP contribution in [0.5, 0.6) is 0 Å². The van der Waals surface area contributed by atoms with Gasteiger partial charge in [-0.05, 0) is 18.6 Å². The maximum absolute atomic E-state index is 3.40. The molecule has 0 fully saturated rings. The van der Waals surface area contributed by atoms with Gasteiger partial charge in [0.2, 0.25) is 0 Å². The molecule has 0 N–H and O–H groups in total. The second-order valence-corrected chi connectivity index (χ2v) is 2.60. The van der Waals surface area contributed by atoms with Crippen LogP contribution < -0.4 is 0 Å². The van der Waals surface area contributed by atoms with E-state index >= 15 is 0 Å². The predicted octanol–water partition coefficient (Wildman–Crippen LogP) is 2.60. The zero-order chi connectivity index (χ0) is 5.98. The average Bonchev–Trinajstić information content (AvgIpc) is 1.77. The van der Waals surface area contributed by atoms with E-state index in [0.29, 0.717) is 0 Å². The van der Waals surface area contributed by atoms with Crippen LogP contribution in [0, 0.1) is 6.92 Å². The van der Waals surface area contributed by atoms with Crippen molar-refractivity contribution in [2.75, 3.05) is 0 Å². The maximum atomic E-state index is 3.40. The van der Waals surface area contributed by atoms with Gasteiger partial charge in [0.05, 0.1) is 0 Å². The normalized spacial score (nSPS) is 8.22. The first-order valence-corrected chi connectivity index (χ1v) is 3.31. The summed E-state index contributed by atoms with van der Waals surface area (Å²) in [7, 11) is 0. The number of rotatable bonds is 0. The topological polar surface area (TPSA) is 0 Å². The van der Waals surface area contributed by atoms with E-state index in [9.17, 15) is 0 Å². The molecule has 0 aromatic heterocycles. The van der Waals surface area contributed by atoms with Crippen LogP contribution in [0.3, 0.4) is 0 Å². The molecule has 0 saturated carbocycles. The fraction of sp³-hybridized carbons (Fsp3) is 0.143. The minimum absolute atomic E-state index is 0. The summed E-state index contributed by atoms with van der Waals surface area (Å²) in [5.74, 6) is 0. The van der Waals surface area contributed by atoms with Gasteiger partial charge in [-0.1, -0.05) is 34.1 Å². The Bertz CT molecular complexity index is 173. The van der Waals surface area contributed by atoms with Gasteiger partial charge in [-0.3, -0.25) is 0 Å². The second kappa shape index (κ2) is 4.31. The van der Waals surface area contributed by atoms with Gasteiger partial charge in [0, 0.05) is 4.47 Å². The molecule has 0 amide bonds. The number of halogens is 1. The Morgan fingerprint density at radius 1 is 1.33 bits per heavy atom. The minimum atomic E-state index is 0. The Morgan fingerprint density at radius 2 is 1.89 bits per heavy atom. The minimum Gasteiger partial charge on any atom is -1.00 e. The van der Waals surface area contributed by atoms with E-state index in [-0.39, 0.29) is 25.9 Å². The molecule has 1 aromatic rings. The molecule has 0 atom stereocenters. The van der Waals surface area contributed by atoms with Gasteiger partial charge >= 0.3 is 23.1 Å². The molecule has 0 nitrogen and oxygen atoms in total. The first-order valence-electron chi connectivity index (χ1n) is 2.52. The van der Waals surface area contributed by atoms with Gasteiger partial charge in [-0.2, -0.15) is 0 Å². The molecule has 46 valence electrons. The molecule has 0 aliphatic rings. The number of aryl methyl sites for hydroxylation is 1. The van der Waals surface area contributed by atoms with Crippen molar-refractivity contribution in [3.63, 3.8) is 0 Å². The zero-order valence-electron chi connectivity index (χ0n) is 7.39. The Labute approximate surface area is 82.9 Å². The number of benzene rings is 1. The van der Waals surface area contributed by atoms with E-state index in [1.54, 1.807) is 0 Å². The number of hydrogen-bond donors (Lipinski definition) is 0. The van der Waals surface area contributed by atoms with Crippen molar-refractivity contribution in [2.24, 2.45) is 0 Å². The van der Waals surface area contributed by atoms with Gasteiger partial charge in [-0.15, -0.1) is 0 Å². The van der Waals surface area contributed by atoms with Crippen LogP contribution in [0.25, 0.3) is 0 Å². The summed E-state index contributed by atoms with van der Waals surface area (Å²) in [6.45, 7) is 2.07. The van der Waals surface area contributed by atoms with Crippen molar-refractivity contribution in [3.05, 3.63) is 34.3 Å². The van der Waals surface area contributed by atoms with Crippen LogP contribution in [-0.4, -0.2) is 23.1 Å². The SMILES string of the molecule is Cc1ccccc1Br.[H-].[H-].[Mg+2]. The van der Waals surface area contributed by atoms with Crippen LogP contribution in [0.4, 0.5) is 0 Å². The predicted molar refractivity (Wildman–Crippen MR) is 46.9 cm³/mol. The quantitative estimate of drug-likeness (QED) is 0.561. The molecule has 0 spiro atoms. The maximum Gasteiger partial charge on any atom is 2.00 e. The number of hydrogen-bond acceptors (Lipinski definition) is 0. The first-order chi connectivity index (χ1) is 3.80. The molecule has 0 radical (unpaired) electrons. The summed E-state index contributed by atoms with van der Waals surface area (Å²) < 4.78 is 1.18. The fourth-order valence-corrected chi connectivity index (χ4v) is 0.836. The van der Waals surface area contributed by atoms with Gasteiger partial charge in [0.25, 0.3) is 0 Å². The van der Waals surface area contributed by atoms with Crippen LogP contribution in [0.1, 0.15) is 8.42 Å². The molecule has 9 heavy (non-hydrogen) atoms. The Kier molecular flexibility index (Phi) is 4.53. The standard InChI is InChI=1S/C7H7Br.Mg.2H/c1-6-4-2-3-5-7(6)8;;;/h2-5H,1H3;;;/q;+2;2*-1. The van der Waals surface area contributed by atoms with Gasteiger partial charge in [0.15, 0.2) is 0 Å². The molecule has 2 heteroatoms. The van der Waals surface area contributed by atoms with E-state index in [2.05, 4.69) is 28.9 Å². The first kappa shape index (κ1) is 9.47. The fourth-order valence-electron chi connectivity index (χ4n) is 0.551. The smallest absolute Gasteiger partial charge is 1.00 e. The Balaban J connectivity index is -0.000000213. The Morgan fingerprint density at radius 3 is 2.22 bits per heavy atom. The molecule has 0 heterocycles. The molecular formula is C7H9BrMg. The van der Waals surface area contributed by atoms with Crippen LogP contribution in [-0.2, 0) is 0 Å². The second-order valence-electron chi connectivity index (χ2n) is 1.75. The summed E-state index contributed by atoms with van der Waals surface area (Å²) >= 11 is 3.40. The molecular weight excluding hydrogens is 188 g/mol. The van der Waals surface area contributed by atoms with E-state index in [0.717, 1.165) is 0 Å². The van der Waals surface area contributed by atoms with Crippen molar-refractivity contribution in [1.29, 1.82) is 0 Å². The van der Waals surface area contributed by atoms with E-state index in [4.69, 9.17) is 0 Å². The van der Waals surface area contributed by atoms with Crippen LogP contribution in [0.2, 0.25) is 0 Å². The average molecular weight is 197 g/mol. The monoisotopic (exact) mass is 196 g/mol. The molecule has 0 bridgehead atoms. The summed E-state index contributed by atoms with van der Waals surface area (Å²) in [6.07, 6.45) is 0. The van der Waals surface area contributed by atoms with Gasteiger partial charge in [0.1, 0.15) is 0 Å². The van der Waals surface area contributed by atoms with Crippen LogP contribution >= 0.6 is 15.9 Å². The summed E-state index contributed by atoms with van der Waals surface area (Å²) in [5, 5.41) is 0. The third-order valence-electron chi connectivity index (χ3n) is 1.08. The van der Waals surface area contributed by atoms with Crippen molar-refractivity contribution >= 4 is 39.0 Å². The van der Waals surface area contributed by atoms with Crippen molar-refractivity contribution in [1.82, 2.24) is 0 Å². The summed E-state index contributed by atoms with van der Waals surface area (Å²) in [6, 6.07) is 8.15. The third-order valence-corrected chi connectivity index (χ3v) is 1.97. The molecule has 1 aromatic carbocycles. The van der Waals surface area contributed by atoms with Gasteiger partial charge in [-0.25, -0.2) is 0 Å². The van der Waals surface area contributed by atoms with Crippen molar-refractivity contribution < 1.29 is 2.85 Å². The Hall–Kier alpha value is 0.466. The molecule has 0 aliphatic heterocycles. The largest absolute Gasteiger partial charge is 2.00 e. The molecule has 0 unspecified atom stereocenters. The molecule has 0 saturated heterocycles. The zero-order valence-corrected chi connectivity index (χ0v) is 8.39. The van der Waals surface area contributed by atoms with E-state index < -0.39 is 0 Å². The van der Waals surface area contributed by atoms with Crippen molar-refractivity contribution in [3.8, 4) is 0 Å².